The van der Waals surface area contributed by atoms with Crippen LogP contribution in [-0.4, -0.2) is 15.2 Å². The largest absolute Gasteiger partial charge is 0.322 e. The molecular formula is C11H7N5S2. The van der Waals surface area contributed by atoms with Crippen LogP contribution in [0.1, 0.15) is 5.69 Å². The maximum atomic E-state index is 8.93. The Labute approximate surface area is 111 Å². The number of fused-ring (bicyclic) bond motifs is 1. The van der Waals surface area contributed by atoms with Crippen LogP contribution in [0.15, 0.2) is 34.1 Å². The number of anilines is 1. The number of nitrogens with zero attached hydrogens (tertiary/aromatic N) is 3. The molecule has 7 heteroatoms. The Balaban J connectivity index is 1.93. The zero-order chi connectivity index (χ0) is 12.4. The lowest BCUT2D eigenvalue weighted by molar-refractivity contribution is 1.10. The molecule has 0 atom stereocenters. The van der Waals surface area contributed by atoms with Crippen molar-refractivity contribution in [2.75, 3.05) is 4.72 Å². The van der Waals surface area contributed by atoms with Crippen molar-refractivity contribution < 1.29 is 0 Å². The second-order valence-electron chi connectivity index (χ2n) is 3.41. The van der Waals surface area contributed by atoms with Crippen molar-refractivity contribution in [2.24, 2.45) is 0 Å². The Hall–Kier alpha value is -2.04. The third-order valence-electron chi connectivity index (χ3n) is 2.36. The van der Waals surface area contributed by atoms with Gasteiger partial charge in [0.1, 0.15) is 6.07 Å². The summed E-state index contributed by atoms with van der Waals surface area (Å²) in [6.45, 7) is 0. The highest BCUT2D eigenvalue weighted by Crippen LogP contribution is 2.28. The summed E-state index contributed by atoms with van der Waals surface area (Å²) in [5.41, 5.74) is 2.13. The topological polar surface area (TPSA) is 77.4 Å². The molecule has 0 saturated carbocycles. The van der Waals surface area contributed by atoms with Gasteiger partial charge < -0.3 is 4.72 Å². The lowest BCUT2D eigenvalue weighted by Crippen LogP contribution is -1.87. The molecule has 0 amide bonds. The van der Waals surface area contributed by atoms with Crippen molar-refractivity contribution in [3.05, 3.63) is 35.5 Å². The summed E-state index contributed by atoms with van der Waals surface area (Å²) in [5.74, 6) is 0. The third-order valence-corrected chi connectivity index (χ3v) is 4.07. The predicted octanol–water partition coefficient (Wildman–Crippen LogP) is 3.01. The Morgan fingerprint density at radius 1 is 1.44 bits per heavy atom. The lowest BCUT2D eigenvalue weighted by atomic mass is 10.2. The minimum atomic E-state index is 0.410. The molecule has 5 nitrogen and oxygen atoms in total. The molecule has 3 aromatic rings. The number of rotatable bonds is 3. The summed E-state index contributed by atoms with van der Waals surface area (Å²) in [4.78, 5) is 4.17. The van der Waals surface area contributed by atoms with E-state index in [1.165, 1.54) is 11.9 Å². The summed E-state index contributed by atoms with van der Waals surface area (Å²) in [6, 6.07) is 7.76. The average molecular weight is 273 g/mol. The number of aromatic amines is 1. The van der Waals surface area contributed by atoms with Gasteiger partial charge in [0.05, 0.1) is 11.2 Å². The number of benzene rings is 1. The van der Waals surface area contributed by atoms with Gasteiger partial charge in [-0.25, -0.2) is 4.98 Å². The standard InChI is InChI=1S/C11H7N5S2/c12-6-9-7-2-1-3-8(10(7)15-14-9)16-18-11-13-4-5-17-11/h1-5,16H,(H,14,15). The van der Waals surface area contributed by atoms with Gasteiger partial charge in [-0.3, -0.25) is 5.10 Å². The van der Waals surface area contributed by atoms with Crippen LogP contribution in [0.3, 0.4) is 0 Å². The van der Waals surface area contributed by atoms with E-state index < -0.39 is 0 Å². The fraction of sp³-hybridized carbons (Fsp3) is 0. The molecule has 18 heavy (non-hydrogen) atoms. The first-order valence-corrected chi connectivity index (χ1v) is 6.77. The first-order valence-electron chi connectivity index (χ1n) is 5.08. The Bertz CT molecular complexity index is 711. The second kappa shape index (κ2) is 4.68. The molecule has 1 aromatic carbocycles. The second-order valence-corrected chi connectivity index (χ2v) is 5.36. The van der Waals surface area contributed by atoms with Gasteiger partial charge in [-0.05, 0) is 12.1 Å². The van der Waals surface area contributed by atoms with Crippen LogP contribution in [0.5, 0.6) is 0 Å². The maximum absolute atomic E-state index is 8.93. The minimum absolute atomic E-state index is 0.410. The molecule has 2 N–H and O–H groups in total. The van der Waals surface area contributed by atoms with Crippen molar-refractivity contribution in [1.82, 2.24) is 15.2 Å². The van der Waals surface area contributed by atoms with Crippen molar-refractivity contribution in [3.8, 4) is 6.07 Å². The molecule has 88 valence electrons. The minimum Gasteiger partial charge on any atom is -0.322 e. The quantitative estimate of drug-likeness (QED) is 0.717. The van der Waals surface area contributed by atoms with Crippen LogP contribution in [0.2, 0.25) is 0 Å². The van der Waals surface area contributed by atoms with Crippen LogP contribution >= 0.6 is 23.3 Å². The first-order chi connectivity index (χ1) is 8.88. The Morgan fingerprint density at radius 2 is 2.39 bits per heavy atom. The monoisotopic (exact) mass is 273 g/mol. The number of hydrogen-bond acceptors (Lipinski definition) is 6. The summed E-state index contributed by atoms with van der Waals surface area (Å²) < 4.78 is 4.15. The lowest BCUT2D eigenvalue weighted by Gasteiger charge is -2.03. The molecule has 0 bridgehead atoms. The number of hydrogen-bond donors (Lipinski definition) is 2. The predicted molar refractivity (Wildman–Crippen MR) is 72.4 cm³/mol. The van der Waals surface area contributed by atoms with Crippen LogP contribution in [0, 0.1) is 11.3 Å². The number of thiazole rings is 1. The van der Waals surface area contributed by atoms with Gasteiger partial charge in [0.25, 0.3) is 0 Å². The van der Waals surface area contributed by atoms with Crippen LogP contribution in [0.4, 0.5) is 5.69 Å². The fourth-order valence-corrected chi connectivity index (χ4v) is 2.90. The first kappa shape index (κ1) is 11.1. The maximum Gasteiger partial charge on any atom is 0.170 e. The van der Waals surface area contributed by atoms with Gasteiger partial charge in [0, 0.05) is 28.9 Å². The van der Waals surface area contributed by atoms with E-state index in [-0.39, 0.29) is 0 Å². The summed E-state index contributed by atoms with van der Waals surface area (Å²) >= 11 is 3.01. The number of para-hydroxylation sites is 1. The van der Waals surface area contributed by atoms with Gasteiger partial charge in [0.15, 0.2) is 10.0 Å². The highest BCUT2D eigenvalue weighted by molar-refractivity contribution is 8.02. The molecule has 0 fully saturated rings. The van der Waals surface area contributed by atoms with Crippen LogP contribution in [0.25, 0.3) is 10.9 Å². The van der Waals surface area contributed by atoms with Crippen molar-refractivity contribution in [3.63, 3.8) is 0 Å². The zero-order valence-corrected chi connectivity index (χ0v) is 10.7. The molecule has 0 spiro atoms. The number of aromatic nitrogens is 3. The van der Waals surface area contributed by atoms with Gasteiger partial charge in [-0.2, -0.15) is 10.4 Å². The van der Waals surface area contributed by atoms with Gasteiger partial charge in [-0.1, -0.05) is 6.07 Å². The molecule has 0 radical (unpaired) electrons. The highest BCUT2D eigenvalue weighted by Gasteiger charge is 2.08. The SMILES string of the molecule is N#Cc1n[nH]c2c(NSc3nccs3)cccc12. The molecule has 0 aliphatic rings. The number of nitrogens with one attached hydrogen (secondary N) is 2. The Kier molecular flexibility index (Phi) is 2.88. The normalized spacial score (nSPS) is 10.4. The van der Waals surface area contributed by atoms with Crippen molar-refractivity contribution in [2.45, 2.75) is 4.34 Å². The molecule has 0 aliphatic carbocycles. The Morgan fingerprint density at radius 3 is 3.17 bits per heavy atom. The number of H-pyrrole nitrogens is 1. The molecule has 0 aliphatic heterocycles. The number of nitriles is 1. The molecule has 0 unspecified atom stereocenters. The summed E-state index contributed by atoms with van der Waals surface area (Å²) in [7, 11) is 0. The van der Waals surface area contributed by atoms with Crippen molar-refractivity contribution in [1.29, 1.82) is 5.26 Å². The van der Waals surface area contributed by atoms with E-state index in [1.807, 2.05) is 23.6 Å². The van der Waals surface area contributed by atoms with Gasteiger partial charge in [-0.15, -0.1) is 11.3 Å². The van der Waals surface area contributed by atoms with E-state index in [0.29, 0.717) is 5.69 Å². The molecule has 2 aromatic heterocycles. The molecule has 2 heterocycles. The van der Waals surface area contributed by atoms with Crippen molar-refractivity contribution >= 4 is 39.9 Å². The average Bonchev–Trinajstić information content (AvgIpc) is 3.05. The van der Waals surface area contributed by atoms with Gasteiger partial charge in [0.2, 0.25) is 0 Å². The zero-order valence-electron chi connectivity index (χ0n) is 9.04. The van der Waals surface area contributed by atoms with E-state index in [9.17, 15) is 0 Å². The van der Waals surface area contributed by atoms with Crippen LogP contribution < -0.4 is 4.72 Å². The highest BCUT2D eigenvalue weighted by atomic mass is 32.2. The van der Waals surface area contributed by atoms with E-state index >= 15 is 0 Å². The summed E-state index contributed by atoms with van der Waals surface area (Å²) in [6.07, 6.45) is 1.76. The van der Waals surface area contributed by atoms with E-state index in [2.05, 4.69) is 26.0 Å². The van der Waals surface area contributed by atoms with E-state index in [0.717, 1.165) is 20.9 Å². The van der Waals surface area contributed by atoms with E-state index in [1.54, 1.807) is 17.5 Å². The van der Waals surface area contributed by atoms with Gasteiger partial charge >= 0.3 is 0 Å². The molecule has 0 saturated heterocycles. The molecule has 3 rings (SSSR count). The van der Waals surface area contributed by atoms with Crippen LogP contribution in [-0.2, 0) is 0 Å². The van der Waals surface area contributed by atoms with E-state index in [4.69, 9.17) is 5.26 Å². The molecular weight excluding hydrogens is 266 g/mol. The summed E-state index contributed by atoms with van der Waals surface area (Å²) in [5, 5.41) is 18.5. The third kappa shape index (κ3) is 1.92. The fourth-order valence-electron chi connectivity index (χ4n) is 1.57. The smallest absolute Gasteiger partial charge is 0.170 e.